The van der Waals surface area contributed by atoms with Gasteiger partial charge in [0, 0.05) is 34.6 Å². The Balaban J connectivity index is 1.59. The number of carbonyl (C=O) groups excluding carboxylic acids is 1. The molecule has 1 aliphatic rings. The molecule has 0 aliphatic carbocycles. The number of halogens is 3. The number of nitrogens with one attached hydrogen (secondary N) is 1. The van der Waals surface area contributed by atoms with Crippen molar-refractivity contribution in [3.8, 4) is 39.6 Å². The molecule has 1 N–H and O–H groups in total. The van der Waals surface area contributed by atoms with Gasteiger partial charge in [-0.25, -0.2) is 4.98 Å². The van der Waals surface area contributed by atoms with Gasteiger partial charge < -0.3 is 14.8 Å². The number of benzene rings is 3. The van der Waals surface area contributed by atoms with Crippen molar-refractivity contribution >= 4 is 11.5 Å². The van der Waals surface area contributed by atoms with Crippen molar-refractivity contribution in [2.45, 2.75) is 19.1 Å². The van der Waals surface area contributed by atoms with Crippen molar-refractivity contribution in [3.05, 3.63) is 90.6 Å². The molecule has 36 heavy (non-hydrogen) atoms. The summed E-state index contributed by atoms with van der Waals surface area (Å²) in [5.41, 5.74) is 4.12. The van der Waals surface area contributed by atoms with E-state index in [1.807, 2.05) is 60.7 Å². The number of ketones is 1. The van der Waals surface area contributed by atoms with Gasteiger partial charge in [-0.3, -0.25) is 4.79 Å². The van der Waals surface area contributed by atoms with Crippen LogP contribution in [0.4, 0.5) is 18.9 Å². The fourth-order valence-electron chi connectivity index (χ4n) is 4.09. The maximum atomic E-state index is 12.7. The van der Waals surface area contributed by atoms with Gasteiger partial charge in [0.05, 0.1) is 6.04 Å². The third-order valence-corrected chi connectivity index (χ3v) is 5.77. The van der Waals surface area contributed by atoms with Gasteiger partial charge in [0.2, 0.25) is 5.88 Å². The highest BCUT2D eigenvalue weighted by Crippen LogP contribution is 2.43. The molecule has 2 heterocycles. The van der Waals surface area contributed by atoms with Gasteiger partial charge in [-0.2, -0.15) is 13.2 Å². The van der Waals surface area contributed by atoms with Gasteiger partial charge in [0.15, 0.2) is 12.4 Å². The number of ether oxygens (including phenoxy) is 2. The molecule has 0 fully saturated rings. The molecule has 8 heteroatoms. The molecule has 0 saturated carbocycles. The molecule has 5 rings (SSSR count). The molecule has 0 amide bonds. The third kappa shape index (κ3) is 4.88. The quantitative estimate of drug-likeness (QED) is 0.311. The van der Waals surface area contributed by atoms with Crippen LogP contribution in [0.25, 0.3) is 22.3 Å². The molecule has 3 aromatic carbocycles. The lowest BCUT2D eigenvalue weighted by Crippen LogP contribution is -2.19. The number of pyridine rings is 1. The van der Waals surface area contributed by atoms with Gasteiger partial charge in [-0.1, -0.05) is 36.4 Å². The van der Waals surface area contributed by atoms with Crippen LogP contribution in [0.15, 0.2) is 85.1 Å². The zero-order chi connectivity index (χ0) is 25.3. The lowest BCUT2D eigenvalue weighted by molar-refractivity contribution is -0.154. The van der Waals surface area contributed by atoms with E-state index >= 15 is 0 Å². The Bertz CT molecular complexity index is 1400. The lowest BCUT2D eigenvalue weighted by Gasteiger charge is -2.17. The van der Waals surface area contributed by atoms with Crippen LogP contribution in [-0.2, 0) is 0 Å². The average Bonchev–Trinajstić information content (AvgIpc) is 3.15. The first-order chi connectivity index (χ1) is 17.3. The highest BCUT2D eigenvalue weighted by Gasteiger charge is 2.30. The number of nitrogens with zero attached hydrogens (tertiary/aromatic N) is 1. The number of aromatic nitrogens is 1. The van der Waals surface area contributed by atoms with Crippen molar-refractivity contribution in [1.82, 2.24) is 4.98 Å². The van der Waals surface area contributed by atoms with Gasteiger partial charge >= 0.3 is 6.18 Å². The Hall–Kier alpha value is -4.33. The number of para-hydroxylation sites is 2. The summed E-state index contributed by atoms with van der Waals surface area (Å²) in [4.78, 5) is 16.8. The van der Waals surface area contributed by atoms with E-state index in [9.17, 15) is 18.0 Å². The lowest BCUT2D eigenvalue weighted by atomic mass is 9.91. The van der Waals surface area contributed by atoms with Gasteiger partial charge in [0.25, 0.3) is 0 Å². The molecule has 0 saturated heterocycles. The van der Waals surface area contributed by atoms with Gasteiger partial charge in [-0.15, -0.1) is 0 Å². The summed E-state index contributed by atoms with van der Waals surface area (Å²) in [6, 6.07) is 23.2. The van der Waals surface area contributed by atoms with Crippen LogP contribution in [-0.4, -0.2) is 29.6 Å². The fraction of sp³-hybridized carbons (Fsp3) is 0.143. The number of anilines is 1. The molecular weight excluding hydrogens is 469 g/mol. The minimum atomic E-state index is -4.46. The normalized spacial score (nSPS) is 14.8. The Morgan fingerprint density at radius 3 is 2.36 bits per heavy atom. The van der Waals surface area contributed by atoms with Crippen LogP contribution in [0.5, 0.6) is 17.4 Å². The predicted molar refractivity (Wildman–Crippen MR) is 131 cm³/mol. The number of fused-ring (bicyclic) bond motifs is 1. The summed E-state index contributed by atoms with van der Waals surface area (Å²) in [6.45, 7) is 0.369. The summed E-state index contributed by atoms with van der Waals surface area (Å²) in [7, 11) is 0. The van der Waals surface area contributed by atoms with Crippen LogP contribution in [0.3, 0.4) is 0 Å². The third-order valence-electron chi connectivity index (χ3n) is 5.77. The molecule has 1 aromatic heterocycles. The molecule has 1 atom stereocenters. The SMILES string of the molecule is CC1Nc2cc(-c3ccccc3Oc3ccccc3)c(-c3ccc(OCC(F)(F)F)nc3)cc2C1=O. The van der Waals surface area contributed by atoms with Gasteiger partial charge in [0.1, 0.15) is 11.5 Å². The van der Waals surface area contributed by atoms with E-state index in [1.165, 1.54) is 12.3 Å². The molecule has 5 nitrogen and oxygen atoms in total. The van der Waals surface area contributed by atoms with E-state index in [0.717, 1.165) is 11.1 Å². The number of Topliss-reactive ketones (excluding diaryl/α,β-unsaturated/α-hetero) is 1. The number of rotatable bonds is 6. The van der Waals surface area contributed by atoms with E-state index in [2.05, 4.69) is 10.3 Å². The van der Waals surface area contributed by atoms with E-state index in [0.29, 0.717) is 33.9 Å². The maximum absolute atomic E-state index is 12.7. The minimum Gasteiger partial charge on any atom is -0.468 e. The predicted octanol–water partition coefficient (Wildman–Crippen LogP) is 7.15. The second-order valence-corrected chi connectivity index (χ2v) is 8.37. The monoisotopic (exact) mass is 490 g/mol. The number of alkyl halides is 3. The molecule has 0 spiro atoms. The Morgan fingerprint density at radius 2 is 1.64 bits per heavy atom. The van der Waals surface area contributed by atoms with E-state index in [-0.39, 0.29) is 17.7 Å². The van der Waals surface area contributed by atoms with Crippen LogP contribution >= 0.6 is 0 Å². The summed E-state index contributed by atoms with van der Waals surface area (Å²) in [5.74, 6) is 1.10. The molecule has 0 bridgehead atoms. The van der Waals surface area contributed by atoms with E-state index in [1.54, 1.807) is 19.1 Å². The summed E-state index contributed by atoms with van der Waals surface area (Å²) in [6.07, 6.45) is -3.02. The van der Waals surface area contributed by atoms with Gasteiger partial charge in [-0.05, 0) is 54.4 Å². The van der Waals surface area contributed by atoms with Crippen LogP contribution in [0.1, 0.15) is 17.3 Å². The Morgan fingerprint density at radius 1 is 0.889 bits per heavy atom. The second kappa shape index (κ2) is 9.37. The first kappa shape index (κ1) is 23.4. The second-order valence-electron chi connectivity index (χ2n) is 8.37. The highest BCUT2D eigenvalue weighted by atomic mass is 19.4. The standard InChI is InChI=1S/C28H21F3N2O3/c1-17-27(34)23-13-21(18-11-12-26(32-15-18)35-16-28(29,30)31)22(14-24(23)33-17)20-9-5-6-10-25(20)36-19-7-3-2-4-8-19/h2-15,17,33H,16H2,1H3. The van der Waals surface area contributed by atoms with Crippen LogP contribution in [0.2, 0.25) is 0 Å². The van der Waals surface area contributed by atoms with E-state index in [4.69, 9.17) is 9.47 Å². The summed E-state index contributed by atoms with van der Waals surface area (Å²) < 4.78 is 48.5. The Kier molecular flexibility index (Phi) is 6.10. The maximum Gasteiger partial charge on any atom is 0.422 e. The number of hydrogen-bond donors (Lipinski definition) is 1. The first-order valence-corrected chi connectivity index (χ1v) is 11.3. The fourth-order valence-corrected chi connectivity index (χ4v) is 4.09. The number of carbonyl (C=O) groups is 1. The molecule has 1 unspecified atom stereocenters. The van der Waals surface area contributed by atoms with Crippen molar-refractivity contribution in [2.24, 2.45) is 0 Å². The van der Waals surface area contributed by atoms with Crippen molar-refractivity contribution in [2.75, 3.05) is 11.9 Å². The average molecular weight is 490 g/mol. The minimum absolute atomic E-state index is 0.0373. The zero-order valence-corrected chi connectivity index (χ0v) is 19.2. The number of hydrogen-bond acceptors (Lipinski definition) is 5. The summed E-state index contributed by atoms with van der Waals surface area (Å²) in [5, 5.41) is 3.21. The zero-order valence-electron chi connectivity index (χ0n) is 19.2. The molecular formula is C28H21F3N2O3. The molecule has 0 radical (unpaired) electrons. The largest absolute Gasteiger partial charge is 0.468 e. The topological polar surface area (TPSA) is 60.4 Å². The Labute approximate surface area is 205 Å². The molecule has 182 valence electrons. The van der Waals surface area contributed by atoms with Crippen LogP contribution in [0, 0.1) is 0 Å². The smallest absolute Gasteiger partial charge is 0.422 e. The molecule has 1 aliphatic heterocycles. The van der Waals surface area contributed by atoms with Crippen LogP contribution < -0.4 is 14.8 Å². The summed E-state index contributed by atoms with van der Waals surface area (Å²) >= 11 is 0. The van der Waals surface area contributed by atoms with E-state index < -0.39 is 12.8 Å². The van der Waals surface area contributed by atoms with Crippen molar-refractivity contribution in [3.63, 3.8) is 0 Å². The first-order valence-electron chi connectivity index (χ1n) is 11.3. The van der Waals surface area contributed by atoms with Crippen molar-refractivity contribution < 1.29 is 27.4 Å². The van der Waals surface area contributed by atoms with Crippen molar-refractivity contribution in [1.29, 1.82) is 0 Å². The highest BCUT2D eigenvalue weighted by molar-refractivity contribution is 6.12. The molecule has 4 aromatic rings.